The number of hydrogen-bond acceptors (Lipinski definition) is 4. The van der Waals surface area contributed by atoms with Gasteiger partial charge < -0.3 is 19.9 Å². The number of methoxy groups -OCH3 is 1. The van der Waals surface area contributed by atoms with E-state index in [1.807, 2.05) is 12.1 Å². The molecule has 4 heteroatoms. The third-order valence-corrected chi connectivity index (χ3v) is 3.71. The number of benzene rings is 1. The zero-order chi connectivity index (χ0) is 11.9. The van der Waals surface area contributed by atoms with E-state index in [2.05, 4.69) is 0 Å². The predicted molar refractivity (Wildman–Crippen MR) is 63.5 cm³/mol. The van der Waals surface area contributed by atoms with Gasteiger partial charge in [-0.15, -0.1) is 0 Å². The van der Waals surface area contributed by atoms with Crippen molar-refractivity contribution in [3.63, 3.8) is 0 Å². The summed E-state index contributed by atoms with van der Waals surface area (Å²) in [6.07, 6.45) is 4.26. The summed E-state index contributed by atoms with van der Waals surface area (Å²) in [6.45, 7) is 0.269. The van der Waals surface area contributed by atoms with Crippen LogP contribution in [0.3, 0.4) is 0 Å². The zero-order valence-electron chi connectivity index (χ0n) is 9.99. The molecule has 4 nitrogen and oxygen atoms in total. The molecule has 1 aliphatic carbocycles. The lowest BCUT2D eigenvalue weighted by molar-refractivity contribution is 0.171. The molecule has 2 N–H and O–H groups in total. The van der Waals surface area contributed by atoms with Gasteiger partial charge in [-0.25, -0.2) is 0 Å². The Kier molecular flexibility index (Phi) is 2.40. The standard InChI is InChI=1S/C13H17NO3/c1-15-9-4-5-10-12(17-8-16-10)11(9)13(14)6-2-3-7-13/h4-5H,2-3,6-8,14H2,1H3. The van der Waals surface area contributed by atoms with Crippen molar-refractivity contribution in [2.24, 2.45) is 5.73 Å². The summed E-state index contributed by atoms with van der Waals surface area (Å²) in [5.74, 6) is 2.35. The predicted octanol–water partition coefficient (Wildman–Crippen LogP) is 2.15. The van der Waals surface area contributed by atoms with E-state index in [4.69, 9.17) is 19.9 Å². The Balaban J connectivity index is 2.16. The second-order valence-electron chi connectivity index (χ2n) is 4.74. The molecule has 0 amide bonds. The maximum atomic E-state index is 6.51. The highest BCUT2D eigenvalue weighted by atomic mass is 16.7. The number of hydrogen-bond donors (Lipinski definition) is 1. The van der Waals surface area contributed by atoms with Crippen LogP contribution in [0.5, 0.6) is 17.2 Å². The van der Waals surface area contributed by atoms with Crippen LogP contribution in [-0.4, -0.2) is 13.9 Å². The van der Waals surface area contributed by atoms with Crippen LogP contribution in [0.25, 0.3) is 0 Å². The van der Waals surface area contributed by atoms with Gasteiger partial charge in [0.15, 0.2) is 11.5 Å². The molecule has 0 spiro atoms. The Bertz CT molecular complexity index is 439. The van der Waals surface area contributed by atoms with E-state index in [-0.39, 0.29) is 12.3 Å². The van der Waals surface area contributed by atoms with E-state index in [1.54, 1.807) is 7.11 Å². The van der Waals surface area contributed by atoms with Gasteiger partial charge in [0, 0.05) is 5.54 Å². The van der Waals surface area contributed by atoms with E-state index in [9.17, 15) is 0 Å². The molecule has 0 unspecified atom stereocenters. The molecule has 17 heavy (non-hydrogen) atoms. The van der Waals surface area contributed by atoms with E-state index < -0.39 is 0 Å². The molecule has 1 heterocycles. The number of fused-ring (bicyclic) bond motifs is 1. The van der Waals surface area contributed by atoms with Gasteiger partial charge in [-0.2, -0.15) is 0 Å². The highest BCUT2D eigenvalue weighted by Crippen LogP contribution is 2.50. The first kappa shape index (κ1) is 10.7. The summed E-state index contributed by atoms with van der Waals surface area (Å²) in [6, 6.07) is 3.79. The molecule has 92 valence electrons. The molecule has 0 saturated heterocycles. The minimum absolute atomic E-state index is 0.269. The molecule has 2 aliphatic rings. The summed E-state index contributed by atoms with van der Waals surface area (Å²) in [7, 11) is 1.67. The van der Waals surface area contributed by atoms with Crippen LogP contribution < -0.4 is 19.9 Å². The SMILES string of the molecule is COc1ccc2c(c1C1(N)CCCC1)OCO2. The normalized spacial score (nSPS) is 20.6. The molecule has 1 aromatic carbocycles. The van der Waals surface area contributed by atoms with E-state index >= 15 is 0 Å². The minimum Gasteiger partial charge on any atom is -0.496 e. The fourth-order valence-corrected chi connectivity index (χ4v) is 2.85. The monoisotopic (exact) mass is 235 g/mol. The maximum absolute atomic E-state index is 6.51. The molecule has 1 aliphatic heterocycles. The number of rotatable bonds is 2. The van der Waals surface area contributed by atoms with Crippen LogP contribution in [-0.2, 0) is 5.54 Å². The van der Waals surface area contributed by atoms with Gasteiger partial charge in [-0.05, 0) is 25.0 Å². The Morgan fingerprint density at radius 2 is 2.00 bits per heavy atom. The van der Waals surface area contributed by atoms with Gasteiger partial charge in [0.2, 0.25) is 6.79 Å². The van der Waals surface area contributed by atoms with Gasteiger partial charge in [0.1, 0.15) is 5.75 Å². The first-order valence-corrected chi connectivity index (χ1v) is 6.00. The van der Waals surface area contributed by atoms with Crippen molar-refractivity contribution >= 4 is 0 Å². The number of ether oxygens (including phenoxy) is 3. The average molecular weight is 235 g/mol. The lowest BCUT2D eigenvalue weighted by Gasteiger charge is -2.27. The Morgan fingerprint density at radius 1 is 1.24 bits per heavy atom. The maximum Gasteiger partial charge on any atom is 0.231 e. The first-order chi connectivity index (χ1) is 8.24. The summed E-state index contributed by atoms with van der Waals surface area (Å²) < 4.78 is 16.4. The highest BCUT2D eigenvalue weighted by molar-refractivity contribution is 5.58. The molecule has 1 fully saturated rings. The van der Waals surface area contributed by atoms with Crippen LogP contribution in [0.4, 0.5) is 0 Å². The molecule has 3 rings (SSSR count). The minimum atomic E-state index is -0.329. The van der Waals surface area contributed by atoms with Crippen molar-refractivity contribution in [2.75, 3.05) is 13.9 Å². The van der Waals surface area contributed by atoms with Crippen molar-refractivity contribution < 1.29 is 14.2 Å². The van der Waals surface area contributed by atoms with Crippen LogP contribution in [0.15, 0.2) is 12.1 Å². The van der Waals surface area contributed by atoms with Gasteiger partial charge in [-0.3, -0.25) is 0 Å². The zero-order valence-corrected chi connectivity index (χ0v) is 9.99. The molecule has 1 aromatic rings. The summed E-state index contributed by atoms with van der Waals surface area (Å²) in [5, 5.41) is 0. The average Bonchev–Trinajstić information content (AvgIpc) is 2.96. The second kappa shape index (κ2) is 3.81. The Labute approximate surface area is 101 Å². The van der Waals surface area contributed by atoms with Crippen molar-refractivity contribution in [1.82, 2.24) is 0 Å². The molecule has 0 bridgehead atoms. The molecular weight excluding hydrogens is 218 g/mol. The third kappa shape index (κ3) is 1.55. The van der Waals surface area contributed by atoms with Crippen molar-refractivity contribution in [3.05, 3.63) is 17.7 Å². The Morgan fingerprint density at radius 3 is 2.71 bits per heavy atom. The van der Waals surface area contributed by atoms with Crippen molar-refractivity contribution in [1.29, 1.82) is 0 Å². The third-order valence-electron chi connectivity index (χ3n) is 3.71. The smallest absolute Gasteiger partial charge is 0.231 e. The van der Waals surface area contributed by atoms with Crippen molar-refractivity contribution in [2.45, 2.75) is 31.2 Å². The van der Waals surface area contributed by atoms with Crippen LogP contribution in [0.1, 0.15) is 31.2 Å². The summed E-state index contributed by atoms with van der Waals surface area (Å²) in [4.78, 5) is 0. The first-order valence-electron chi connectivity index (χ1n) is 6.00. The van der Waals surface area contributed by atoms with Crippen LogP contribution in [0, 0.1) is 0 Å². The highest BCUT2D eigenvalue weighted by Gasteiger charge is 2.39. The van der Waals surface area contributed by atoms with Gasteiger partial charge >= 0.3 is 0 Å². The van der Waals surface area contributed by atoms with Gasteiger partial charge in [0.25, 0.3) is 0 Å². The lowest BCUT2D eigenvalue weighted by Crippen LogP contribution is -2.33. The molecule has 0 radical (unpaired) electrons. The van der Waals surface area contributed by atoms with Crippen molar-refractivity contribution in [3.8, 4) is 17.2 Å². The van der Waals surface area contributed by atoms with Gasteiger partial charge in [-0.1, -0.05) is 12.8 Å². The van der Waals surface area contributed by atoms with E-state index in [1.165, 1.54) is 0 Å². The fraction of sp³-hybridized carbons (Fsp3) is 0.538. The van der Waals surface area contributed by atoms with Crippen LogP contribution in [0.2, 0.25) is 0 Å². The summed E-state index contributed by atoms with van der Waals surface area (Å²) in [5.41, 5.74) is 7.16. The summed E-state index contributed by atoms with van der Waals surface area (Å²) >= 11 is 0. The Hall–Kier alpha value is -1.42. The second-order valence-corrected chi connectivity index (χ2v) is 4.74. The largest absolute Gasteiger partial charge is 0.496 e. The topological polar surface area (TPSA) is 53.7 Å². The van der Waals surface area contributed by atoms with E-state index in [0.717, 1.165) is 48.5 Å². The molecular formula is C13H17NO3. The lowest BCUT2D eigenvalue weighted by atomic mass is 9.87. The quantitative estimate of drug-likeness (QED) is 0.853. The molecule has 0 aromatic heterocycles. The fourth-order valence-electron chi connectivity index (χ4n) is 2.85. The van der Waals surface area contributed by atoms with Crippen LogP contribution >= 0.6 is 0 Å². The number of nitrogens with two attached hydrogens (primary N) is 1. The van der Waals surface area contributed by atoms with E-state index in [0.29, 0.717) is 0 Å². The molecule has 1 saturated carbocycles. The van der Waals surface area contributed by atoms with Gasteiger partial charge in [0.05, 0.1) is 12.7 Å². The molecule has 0 atom stereocenters.